The molecule has 0 aliphatic carbocycles. The Morgan fingerprint density at radius 2 is 2.04 bits per heavy atom. The number of carbonyl (C=O) groups is 2. The molecule has 1 atom stereocenters. The van der Waals surface area contributed by atoms with E-state index in [0.717, 1.165) is 55.7 Å². The first-order chi connectivity index (χ1) is 11.1. The fourth-order valence-electron chi connectivity index (χ4n) is 3.79. The molecule has 0 bridgehead atoms. The molecule has 2 aliphatic heterocycles. The second-order valence-electron chi connectivity index (χ2n) is 6.61. The summed E-state index contributed by atoms with van der Waals surface area (Å²) in [5.74, 6) is 0.949. The predicted molar refractivity (Wildman–Crippen MR) is 84.7 cm³/mol. The molecule has 2 fully saturated rings. The summed E-state index contributed by atoms with van der Waals surface area (Å²) in [6.45, 7) is 5.47. The molecule has 126 valence electrons. The van der Waals surface area contributed by atoms with E-state index >= 15 is 0 Å². The number of likely N-dealkylation sites (tertiary alicyclic amines) is 2. The van der Waals surface area contributed by atoms with E-state index in [9.17, 15) is 9.59 Å². The zero-order chi connectivity index (χ0) is 16.4. The minimum Gasteiger partial charge on any atom is -0.361 e. The number of carbonyl (C=O) groups excluding carboxylic acids is 2. The maximum absolute atomic E-state index is 12.8. The topological polar surface area (TPSA) is 66.7 Å². The molecule has 0 saturated carbocycles. The SMILES string of the molecule is Cc1noc(C)c1[C@H]1CCCN1C(=O)CN1CCCCCC1=O. The van der Waals surface area contributed by atoms with Gasteiger partial charge >= 0.3 is 0 Å². The third kappa shape index (κ3) is 3.26. The smallest absolute Gasteiger partial charge is 0.242 e. The van der Waals surface area contributed by atoms with Gasteiger partial charge in [-0.25, -0.2) is 0 Å². The minimum absolute atomic E-state index is 0.0378. The quantitative estimate of drug-likeness (QED) is 0.858. The van der Waals surface area contributed by atoms with Gasteiger partial charge in [0.2, 0.25) is 11.8 Å². The van der Waals surface area contributed by atoms with Gasteiger partial charge in [-0.1, -0.05) is 11.6 Å². The molecule has 6 heteroatoms. The van der Waals surface area contributed by atoms with E-state index in [1.807, 2.05) is 18.7 Å². The van der Waals surface area contributed by atoms with Gasteiger partial charge in [0.25, 0.3) is 0 Å². The van der Waals surface area contributed by atoms with E-state index < -0.39 is 0 Å². The molecule has 6 nitrogen and oxygen atoms in total. The number of rotatable bonds is 3. The lowest BCUT2D eigenvalue weighted by Crippen LogP contribution is -2.42. The van der Waals surface area contributed by atoms with Crippen molar-refractivity contribution in [3.8, 4) is 0 Å². The van der Waals surface area contributed by atoms with E-state index in [1.54, 1.807) is 4.90 Å². The van der Waals surface area contributed by atoms with E-state index in [1.165, 1.54) is 0 Å². The van der Waals surface area contributed by atoms with Gasteiger partial charge in [-0.05, 0) is 39.5 Å². The molecule has 3 heterocycles. The number of hydrogen-bond donors (Lipinski definition) is 0. The Bertz CT molecular complexity index is 576. The second-order valence-corrected chi connectivity index (χ2v) is 6.61. The summed E-state index contributed by atoms with van der Waals surface area (Å²) in [5.41, 5.74) is 1.90. The summed E-state index contributed by atoms with van der Waals surface area (Å²) in [6.07, 6.45) is 5.49. The van der Waals surface area contributed by atoms with Gasteiger partial charge in [-0.15, -0.1) is 0 Å². The Kier molecular flexibility index (Phi) is 4.68. The van der Waals surface area contributed by atoms with Crippen molar-refractivity contribution in [2.45, 2.75) is 58.4 Å². The van der Waals surface area contributed by atoms with Crippen LogP contribution in [0.3, 0.4) is 0 Å². The summed E-state index contributed by atoms with van der Waals surface area (Å²) in [5, 5.41) is 4.02. The van der Waals surface area contributed by atoms with E-state index in [0.29, 0.717) is 13.0 Å². The third-order valence-electron chi connectivity index (χ3n) is 4.99. The molecule has 3 rings (SSSR count). The van der Waals surface area contributed by atoms with Crippen molar-refractivity contribution < 1.29 is 14.1 Å². The summed E-state index contributed by atoms with van der Waals surface area (Å²) < 4.78 is 5.27. The first kappa shape index (κ1) is 16.0. The molecule has 23 heavy (non-hydrogen) atoms. The van der Waals surface area contributed by atoms with Crippen molar-refractivity contribution in [3.63, 3.8) is 0 Å². The van der Waals surface area contributed by atoms with Crippen LogP contribution >= 0.6 is 0 Å². The fraction of sp³-hybridized carbons (Fsp3) is 0.706. The van der Waals surface area contributed by atoms with Crippen molar-refractivity contribution >= 4 is 11.8 Å². The van der Waals surface area contributed by atoms with Crippen molar-refractivity contribution in [1.82, 2.24) is 15.0 Å². The first-order valence-corrected chi connectivity index (χ1v) is 8.58. The molecule has 1 aromatic heterocycles. The van der Waals surface area contributed by atoms with E-state index in [-0.39, 0.29) is 24.4 Å². The molecule has 0 radical (unpaired) electrons. The van der Waals surface area contributed by atoms with Crippen LogP contribution in [0.25, 0.3) is 0 Å². The zero-order valence-corrected chi connectivity index (χ0v) is 14.0. The minimum atomic E-state index is 0.0378. The molecule has 0 aromatic carbocycles. The molecular formula is C17H25N3O3. The standard InChI is InChI=1S/C17H25N3O3/c1-12-17(13(2)23-18-12)14-7-6-10-20(14)16(22)11-19-9-5-3-4-8-15(19)21/h14H,3-11H2,1-2H3/t14-/m1/s1. The lowest BCUT2D eigenvalue weighted by Gasteiger charge is -2.28. The van der Waals surface area contributed by atoms with Gasteiger partial charge < -0.3 is 14.3 Å². The summed E-state index contributed by atoms with van der Waals surface area (Å²) in [4.78, 5) is 28.5. The highest BCUT2D eigenvalue weighted by atomic mass is 16.5. The molecule has 0 spiro atoms. The molecule has 2 aliphatic rings. The molecular weight excluding hydrogens is 294 g/mol. The van der Waals surface area contributed by atoms with Gasteiger partial charge in [0.05, 0.1) is 18.3 Å². The van der Waals surface area contributed by atoms with Crippen molar-refractivity contribution in [1.29, 1.82) is 0 Å². The van der Waals surface area contributed by atoms with E-state index in [4.69, 9.17) is 4.52 Å². The van der Waals surface area contributed by atoms with Crippen LogP contribution in [0.15, 0.2) is 4.52 Å². The fourth-order valence-corrected chi connectivity index (χ4v) is 3.79. The Labute approximate surface area is 136 Å². The monoisotopic (exact) mass is 319 g/mol. The third-order valence-corrected chi connectivity index (χ3v) is 4.99. The average molecular weight is 319 g/mol. The summed E-state index contributed by atoms with van der Waals surface area (Å²) in [6, 6.07) is 0.0378. The normalized spacial score (nSPS) is 22.5. The molecule has 2 amide bonds. The van der Waals surface area contributed by atoms with Crippen LogP contribution in [-0.4, -0.2) is 46.4 Å². The van der Waals surface area contributed by atoms with Crippen LogP contribution < -0.4 is 0 Å². The highest BCUT2D eigenvalue weighted by Crippen LogP contribution is 2.35. The van der Waals surface area contributed by atoms with Crippen LogP contribution in [-0.2, 0) is 9.59 Å². The maximum Gasteiger partial charge on any atom is 0.242 e. The zero-order valence-electron chi connectivity index (χ0n) is 14.0. The second kappa shape index (κ2) is 6.72. The maximum atomic E-state index is 12.8. The largest absolute Gasteiger partial charge is 0.361 e. The number of hydrogen-bond acceptors (Lipinski definition) is 4. The average Bonchev–Trinajstić information content (AvgIpc) is 3.06. The van der Waals surface area contributed by atoms with Gasteiger partial charge in [0, 0.05) is 25.1 Å². The van der Waals surface area contributed by atoms with Crippen molar-refractivity contribution in [2.24, 2.45) is 0 Å². The van der Waals surface area contributed by atoms with Gasteiger partial charge in [-0.2, -0.15) is 0 Å². The number of aromatic nitrogens is 1. The molecule has 2 saturated heterocycles. The van der Waals surface area contributed by atoms with Gasteiger partial charge in [0.15, 0.2) is 0 Å². The highest BCUT2D eigenvalue weighted by molar-refractivity contribution is 5.85. The number of nitrogens with zero attached hydrogens (tertiary/aromatic N) is 3. The summed E-state index contributed by atoms with van der Waals surface area (Å²) in [7, 11) is 0. The lowest BCUT2D eigenvalue weighted by molar-refractivity contribution is -0.140. The van der Waals surface area contributed by atoms with Gasteiger partial charge in [0.1, 0.15) is 5.76 Å². The van der Waals surface area contributed by atoms with E-state index in [2.05, 4.69) is 5.16 Å². The summed E-state index contributed by atoms with van der Waals surface area (Å²) >= 11 is 0. The molecule has 0 unspecified atom stereocenters. The Hall–Kier alpha value is -1.85. The van der Waals surface area contributed by atoms with Crippen LogP contribution in [0, 0.1) is 13.8 Å². The Balaban J connectivity index is 1.72. The molecule has 1 aromatic rings. The van der Waals surface area contributed by atoms with Crippen molar-refractivity contribution in [3.05, 3.63) is 17.0 Å². The van der Waals surface area contributed by atoms with Crippen molar-refractivity contribution in [2.75, 3.05) is 19.6 Å². The first-order valence-electron chi connectivity index (χ1n) is 8.58. The molecule has 0 N–H and O–H groups in total. The van der Waals surface area contributed by atoms with Crippen LogP contribution in [0.1, 0.15) is 61.6 Å². The lowest BCUT2D eigenvalue weighted by atomic mass is 10.0. The van der Waals surface area contributed by atoms with Crippen LogP contribution in [0.2, 0.25) is 0 Å². The highest BCUT2D eigenvalue weighted by Gasteiger charge is 2.34. The predicted octanol–water partition coefficient (Wildman–Crippen LogP) is 2.36. The number of amides is 2. The number of aryl methyl sites for hydroxylation is 2. The Morgan fingerprint density at radius 3 is 2.78 bits per heavy atom. The van der Waals surface area contributed by atoms with Crippen LogP contribution in [0.4, 0.5) is 0 Å². The van der Waals surface area contributed by atoms with Crippen LogP contribution in [0.5, 0.6) is 0 Å². The van der Waals surface area contributed by atoms with Gasteiger partial charge in [-0.3, -0.25) is 9.59 Å². The Morgan fingerprint density at radius 1 is 1.22 bits per heavy atom.